The maximum Gasteiger partial charge on any atom is 0.0469 e. The third kappa shape index (κ3) is 5.31. The Hall–Kier alpha value is -0.0800. The highest BCUT2D eigenvalue weighted by molar-refractivity contribution is 4.78. The zero-order valence-electron chi connectivity index (χ0n) is 11.3. The predicted molar refractivity (Wildman–Crippen MR) is 69.7 cm³/mol. The van der Waals surface area contributed by atoms with Gasteiger partial charge in [0.2, 0.25) is 0 Å². The van der Waals surface area contributed by atoms with Crippen molar-refractivity contribution in [3.8, 4) is 0 Å². The molecule has 1 saturated heterocycles. The average Bonchev–Trinajstić information content (AvgIpc) is 2.29. The minimum absolute atomic E-state index is 0.729. The van der Waals surface area contributed by atoms with E-state index in [4.69, 9.17) is 4.74 Å². The highest BCUT2D eigenvalue weighted by Crippen LogP contribution is 2.22. The van der Waals surface area contributed by atoms with E-state index in [-0.39, 0.29) is 0 Å². The molecule has 0 spiro atoms. The van der Waals surface area contributed by atoms with Crippen LogP contribution in [0.4, 0.5) is 0 Å². The van der Waals surface area contributed by atoms with Crippen molar-refractivity contribution in [3.05, 3.63) is 0 Å². The largest absolute Gasteiger partial charge is 0.381 e. The first-order valence-electron chi connectivity index (χ1n) is 7.05. The van der Waals surface area contributed by atoms with Crippen LogP contribution in [-0.4, -0.2) is 25.8 Å². The van der Waals surface area contributed by atoms with Crippen LogP contribution in [0.1, 0.15) is 52.9 Å². The summed E-state index contributed by atoms with van der Waals surface area (Å²) in [5, 5.41) is 3.67. The van der Waals surface area contributed by atoms with E-state index in [0.29, 0.717) is 0 Å². The molecule has 1 aliphatic rings. The van der Waals surface area contributed by atoms with Crippen molar-refractivity contribution in [1.29, 1.82) is 0 Å². The summed E-state index contributed by atoms with van der Waals surface area (Å²) in [6.45, 7) is 9.89. The van der Waals surface area contributed by atoms with Gasteiger partial charge in [-0.05, 0) is 37.6 Å². The molecule has 0 aromatic heterocycles. The fourth-order valence-corrected chi connectivity index (χ4v) is 2.63. The van der Waals surface area contributed by atoms with Gasteiger partial charge in [0.1, 0.15) is 0 Å². The van der Waals surface area contributed by atoms with Crippen molar-refractivity contribution < 1.29 is 4.74 Å². The lowest BCUT2D eigenvalue weighted by atomic mass is 9.88. The summed E-state index contributed by atoms with van der Waals surface area (Å²) in [7, 11) is 0. The van der Waals surface area contributed by atoms with Crippen LogP contribution in [0.5, 0.6) is 0 Å². The van der Waals surface area contributed by atoms with E-state index in [1.165, 1.54) is 32.1 Å². The maximum absolute atomic E-state index is 5.44. The molecule has 1 aliphatic heterocycles. The molecule has 2 nitrogen and oxygen atoms in total. The zero-order chi connectivity index (χ0) is 11.8. The Bertz CT molecular complexity index is 164. The van der Waals surface area contributed by atoms with Gasteiger partial charge in [-0.15, -0.1) is 0 Å². The minimum atomic E-state index is 0.729. The Kier molecular flexibility index (Phi) is 7.06. The fraction of sp³-hybridized carbons (Fsp3) is 1.00. The molecule has 0 aromatic rings. The van der Waals surface area contributed by atoms with Crippen molar-refractivity contribution in [2.45, 2.75) is 58.9 Å². The van der Waals surface area contributed by atoms with Crippen LogP contribution in [0.25, 0.3) is 0 Å². The maximum atomic E-state index is 5.44. The van der Waals surface area contributed by atoms with Crippen molar-refractivity contribution >= 4 is 0 Å². The van der Waals surface area contributed by atoms with Crippen molar-refractivity contribution in [3.63, 3.8) is 0 Å². The monoisotopic (exact) mass is 227 g/mol. The zero-order valence-corrected chi connectivity index (χ0v) is 11.3. The number of rotatable bonds is 7. The molecule has 1 fully saturated rings. The van der Waals surface area contributed by atoms with Gasteiger partial charge in [-0.2, -0.15) is 0 Å². The number of ether oxygens (including phenoxy) is 1. The van der Waals surface area contributed by atoms with Gasteiger partial charge in [0.25, 0.3) is 0 Å². The number of hydrogen-bond acceptors (Lipinski definition) is 2. The number of hydrogen-bond donors (Lipinski definition) is 1. The second kappa shape index (κ2) is 8.08. The van der Waals surface area contributed by atoms with E-state index in [1.54, 1.807) is 0 Å². The summed E-state index contributed by atoms with van der Waals surface area (Å²) >= 11 is 0. The van der Waals surface area contributed by atoms with Gasteiger partial charge in [0.15, 0.2) is 0 Å². The summed E-state index contributed by atoms with van der Waals surface area (Å²) in [5.74, 6) is 1.69. The van der Waals surface area contributed by atoms with Gasteiger partial charge in [0, 0.05) is 19.3 Å². The summed E-state index contributed by atoms with van der Waals surface area (Å²) < 4.78 is 5.44. The molecule has 1 rings (SSSR count). The molecule has 1 N–H and O–H groups in total. The topological polar surface area (TPSA) is 21.3 Å². The molecule has 96 valence electrons. The van der Waals surface area contributed by atoms with Gasteiger partial charge in [0.05, 0.1) is 0 Å². The SMILES string of the molecule is CCNC(CCCC(C)C)C1CCOCC1. The Labute approximate surface area is 101 Å². The second-order valence-corrected chi connectivity index (χ2v) is 5.44. The van der Waals surface area contributed by atoms with Crippen LogP contribution in [0.2, 0.25) is 0 Å². The molecule has 2 heteroatoms. The molecule has 1 atom stereocenters. The number of nitrogens with one attached hydrogen (secondary N) is 1. The highest BCUT2D eigenvalue weighted by atomic mass is 16.5. The van der Waals surface area contributed by atoms with Crippen LogP contribution in [0.15, 0.2) is 0 Å². The van der Waals surface area contributed by atoms with E-state index in [2.05, 4.69) is 26.1 Å². The molecule has 0 saturated carbocycles. The summed E-state index contributed by atoms with van der Waals surface area (Å²) in [4.78, 5) is 0. The molecular formula is C14H29NO. The van der Waals surface area contributed by atoms with Crippen LogP contribution in [0.3, 0.4) is 0 Å². The first-order chi connectivity index (χ1) is 7.74. The Balaban J connectivity index is 2.27. The molecule has 0 aromatic carbocycles. The van der Waals surface area contributed by atoms with Crippen molar-refractivity contribution in [2.75, 3.05) is 19.8 Å². The predicted octanol–water partition coefficient (Wildman–Crippen LogP) is 3.22. The molecule has 0 bridgehead atoms. The van der Waals surface area contributed by atoms with Crippen molar-refractivity contribution in [1.82, 2.24) is 5.32 Å². The average molecular weight is 227 g/mol. The lowest BCUT2D eigenvalue weighted by Gasteiger charge is -2.31. The van der Waals surface area contributed by atoms with Gasteiger partial charge in [-0.1, -0.05) is 33.6 Å². The molecule has 16 heavy (non-hydrogen) atoms. The molecule has 0 radical (unpaired) electrons. The van der Waals surface area contributed by atoms with Crippen molar-refractivity contribution in [2.24, 2.45) is 11.8 Å². The molecule has 1 unspecified atom stereocenters. The highest BCUT2D eigenvalue weighted by Gasteiger charge is 2.22. The third-order valence-electron chi connectivity index (χ3n) is 3.60. The van der Waals surface area contributed by atoms with Crippen LogP contribution in [0, 0.1) is 11.8 Å². The first-order valence-corrected chi connectivity index (χ1v) is 7.05. The quantitative estimate of drug-likeness (QED) is 0.721. The first kappa shape index (κ1) is 14.0. The Morgan fingerprint density at radius 2 is 1.88 bits per heavy atom. The van der Waals surface area contributed by atoms with Crippen LogP contribution in [-0.2, 0) is 4.74 Å². The van der Waals surface area contributed by atoms with Crippen LogP contribution < -0.4 is 5.32 Å². The van der Waals surface area contributed by atoms with Gasteiger partial charge in [-0.3, -0.25) is 0 Å². The van der Waals surface area contributed by atoms with Gasteiger partial charge < -0.3 is 10.1 Å². The second-order valence-electron chi connectivity index (χ2n) is 5.44. The minimum Gasteiger partial charge on any atom is -0.381 e. The smallest absolute Gasteiger partial charge is 0.0469 e. The summed E-state index contributed by atoms with van der Waals surface area (Å²) in [5.41, 5.74) is 0. The van der Waals surface area contributed by atoms with E-state index in [1.807, 2.05) is 0 Å². The van der Waals surface area contributed by atoms with E-state index in [0.717, 1.165) is 37.6 Å². The van der Waals surface area contributed by atoms with Gasteiger partial charge >= 0.3 is 0 Å². The van der Waals surface area contributed by atoms with E-state index >= 15 is 0 Å². The molecule has 1 heterocycles. The third-order valence-corrected chi connectivity index (χ3v) is 3.60. The Morgan fingerprint density at radius 3 is 2.44 bits per heavy atom. The summed E-state index contributed by atoms with van der Waals surface area (Å²) in [6, 6.07) is 0.729. The van der Waals surface area contributed by atoms with Gasteiger partial charge in [-0.25, -0.2) is 0 Å². The molecule has 0 amide bonds. The van der Waals surface area contributed by atoms with E-state index < -0.39 is 0 Å². The lowest BCUT2D eigenvalue weighted by molar-refractivity contribution is 0.0523. The fourth-order valence-electron chi connectivity index (χ4n) is 2.63. The molecular weight excluding hydrogens is 198 g/mol. The standard InChI is InChI=1S/C14H29NO/c1-4-15-14(7-5-6-12(2)3)13-8-10-16-11-9-13/h12-15H,4-11H2,1-3H3. The van der Waals surface area contributed by atoms with Crippen LogP contribution >= 0.6 is 0 Å². The molecule has 0 aliphatic carbocycles. The lowest BCUT2D eigenvalue weighted by Crippen LogP contribution is -2.39. The van der Waals surface area contributed by atoms with E-state index in [9.17, 15) is 0 Å². The normalized spacial score (nSPS) is 20.2. The Morgan fingerprint density at radius 1 is 1.19 bits per heavy atom. The summed E-state index contributed by atoms with van der Waals surface area (Å²) in [6.07, 6.45) is 6.58.